The molecule has 1 saturated carbocycles. The smallest absolute Gasteiger partial charge is 0.311 e. The van der Waals surface area contributed by atoms with Crippen molar-refractivity contribution in [2.45, 2.75) is 12.8 Å². The molecule has 1 aliphatic rings. The molecule has 4 aromatic rings. The SMILES string of the molecule is O=C(O)C1(CNc2nc(-c3ccc(-c4cnco4)cc3)c(-c3cncnc3)s2)CC1. The first-order valence-electron chi connectivity index (χ1n) is 9.37. The number of benzene rings is 1. The Balaban J connectivity index is 1.48. The van der Waals surface area contributed by atoms with Crippen molar-refractivity contribution >= 4 is 22.4 Å². The maximum atomic E-state index is 11.5. The number of rotatable bonds is 7. The van der Waals surface area contributed by atoms with Gasteiger partial charge in [-0.1, -0.05) is 35.6 Å². The van der Waals surface area contributed by atoms with Crippen LogP contribution in [0.25, 0.3) is 33.0 Å². The Morgan fingerprint density at radius 1 is 1.07 bits per heavy atom. The number of aliphatic carboxylic acids is 1. The second-order valence-corrected chi connectivity index (χ2v) is 8.21. The summed E-state index contributed by atoms with van der Waals surface area (Å²) in [4.78, 5) is 29.3. The van der Waals surface area contributed by atoms with Crippen LogP contribution in [-0.4, -0.2) is 37.6 Å². The molecule has 30 heavy (non-hydrogen) atoms. The molecular weight excluding hydrogens is 402 g/mol. The maximum absolute atomic E-state index is 11.5. The first kappa shape index (κ1) is 18.4. The summed E-state index contributed by atoms with van der Waals surface area (Å²) in [5, 5.41) is 13.3. The molecular formula is C21H17N5O3S. The predicted molar refractivity (Wildman–Crippen MR) is 112 cm³/mol. The van der Waals surface area contributed by atoms with Crippen LogP contribution in [-0.2, 0) is 4.79 Å². The van der Waals surface area contributed by atoms with Crippen molar-refractivity contribution in [2.24, 2.45) is 5.41 Å². The lowest BCUT2D eigenvalue weighted by Crippen LogP contribution is -2.24. The van der Waals surface area contributed by atoms with Gasteiger partial charge >= 0.3 is 5.97 Å². The summed E-state index contributed by atoms with van der Waals surface area (Å²) in [7, 11) is 0. The lowest BCUT2D eigenvalue weighted by molar-refractivity contribution is -0.142. The lowest BCUT2D eigenvalue weighted by Gasteiger charge is -2.09. The molecule has 0 amide bonds. The van der Waals surface area contributed by atoms with Crippen molar-refractivity contribution in [1.29, 1.82) is 0 Å². The molecule has 8 nitrogen and oxygen atoms in total. The molecule has 0 saturated heterocycles. The van der Waals surface area contributed by atoms with Gasteiger partial charge in [-0.15, -0.1) is 0 Å². The van der Waals surface area contributed by atoms with E-state index in [1.165, 1.54) is 24.1 Å². The standard InChI is InChI=1S/C21H17N5O3S/c27-19(28)21(5-6-21)10-25-20-26-17(18(30-20)15-7-22-11-23-8-15)14-3-1-13(2-4-14)16-9-24-12-29-16/h1-4,7-9,11-12H,5-6,10H2,(H,25,26)(H,27,28). The molecule has 3 heterocycles. The molecule has 0 radical (unpaired) electrons. The summed E-state index contributed by atoms with van der Waals surface area (Å²) >= 11 is 1.47. The highest BCUT2D eigenvalue weighted by Crippen LogP contribution is 2.46. The molecule has 0 atom stereocenters. The van der Waals surface area contributed by atoms with Crippen LogP contribution in [0.2, 0.25) is 0 Å². The van der Waals surface area contributed by atoms with E-state index in [1.807, 2.05) is 24.3 Å². The predicted octanol–water partition coefficient (Wildman–Crippen LogP) is 4.20. The minimum absolute atomic E-state index is 0.366. The molecule has 150 valence electrons. The number of carboxylic acid groups (broad SMARTS) is 1. The third-order valence-corrected chi connectivity index (χ3v) is 6.27. The fourth-order valence-corrected chi connectivity index (χ4v) is 4.17. The number of carboxylic acids is 1. The number of carbonyl (C=O) groups is 1. The summed E-state index contributed by atoms with van der Waals surface area (Å²) < 4.78 is 5.35. The van der Waals surface area contributed by atoms with Crippen molar-refractivity contribution in [1.82, 2.24) is 19.9 Å². The van der Waals surface area contributed by atoms with Crippen molar-refractivity contribution in [3.8, 4) is 33.0 Å². The van der Waals surface area contributed by atoms with Gasteiger partial charge < -0.3 is 14.8 Å². The minimum atomic E-state index is -0.758. The van der Waals surface area contributed by atoms with Crippen LogP contribution in [0.15, 0.2) is 60.0 Å². The molecule has 5 rings (SSSR count). The van der Waals surface area contributed by atoms with Gasteiger partial charge in [-0.05, 0) is 12.8 Å². The van der Waals surface area contributed by atoms with E-state index in [2.05, 4.69) is 20.3 Å². The highest BCUT2D eigenvalue weighted by Gasteiger charge is 2.50. The summed E-state index contributed by atoms with van der Waals surface area (Å²) in [6.45, 7) is 0.366. The van der Waals surface area contributed by atoms with E-state index < -0.39 is 11.4 Å². The number of aromatic nitrogens is 4. The molecule has 0 aliphatic heterocycles. The Morgan fingerprint density at radius 3 is 2.43 bits per heavy atom. The Labute approximate surface area is 175 Å². The van der Waals surface area contributed by atoms with Crippen molar-refractivity contribution in [3.05, 3.63) is 55.6 Å². The summed E-state index contributed by atoms with van der Waals surface area (Å²) in [5.74, 6) is -0.0614. The Kier molecular flexibility index (Phi) is 4.51. The fourth-order valence-electron chi connectivity index (χ4n) is 3.22. The van der Waals surface area contributed by atoms with Crippen molar-refractivity contribution in [3.63, 3.8) is 0 Å². The number of oxazole rings is 1. The van der Waals surface area contributed by atoms with Crippen molar-refractivity contribution < 1.29 is 14.3 Å². The van der Waals surface area contributed by atoms with E-state index >= 15 is 0 Å². The summed E-state index contributed by atoms with van der Waals surface area (Å²) in [6, 6.07) is 7.86. The summed E-state index contributed by atoms with van der Waals surface area (Å²) in [5.41, 5.74) is 2.84. The number of thiazole rings is 1. The van der Waals surface area contributed by atoms with Gasteiger partial charge in [0.25, 0.3) is 0 Å². The molecule has 3 aromatic heterocycles. The van der Waals surface area contributed by atoms with E-state index in [0.29, 0.717) is 30.3 Å². The van der Waals surface area contributed by atoms with Crippen LogP contribution in [0.5, 0.6) is 0 Å². The van der Waals surface area contributed by atoms with Gasteiger partial charge in [-0.2, -0.15) is 0 Å². The molecule has 0 unspecified atom stereocenters. The first-order chi connectivity index (χ1) is 14.6. The van der Waals surface area contributed by atoms with Crippen LogP contribution in [0.1, 0.15) is 12.8 Å². The Morgan fingerprint density at radius 2 is 1.80 bits per heavy atom. The van der Waals surface area contributed by atoms with Crippen molar-refractivity contribution in [2.75, 3.05) is 11.9 Å². The topological polar surface area (TPSA) is 114 Å². The molecule has 2 N–H and O–H groups in total. The van der Waals surface area contributed by atoms with E-state index in [1.54, 1.807) is 18.6 Å². The van der Waals surface area contributed by atoms with Gasteiger partial charge in [-0.25, -0.2) is 19.9 Å². The largest absolute Gasteiger partial charge is 0.481 e. The van der Waals surface area contributed by atoms with Gasteiger partial charge in [-0.3, -0.25) is 4.79 Å². The maximum Gasteiger partial charge on any atom is 0.311 e. The molecule has 9 heteroatoms. The van der Waals surface area contributed by atoms with Crippen LogP contribution >= 0.6 is 11.3 Å². The number of hydrogen-bond donors (Lipinski definition) is 2. The third-order valence-electron chi connectivity index (χ3n) is 5.21. The first-order valence-corrected chi connectivity index (χ1v) is 10.2. The highest BCUT2D eigenvalue weighted by molar-refractivity contribution is 7.19. The zero-order valence-electron chi connectivity index (χ0n) is 15.8. The summed E-state index contributed by atoms with van der Waals surface area (Å²) in [6.07, 6.45) is 9.43. The molecule has 0 bridgehead atoms. The quantitative estimate of drug-likeness (QED) is 0.458. The monoisotopic (exact) mass is 419 g/mol. The van der Waals surface area contributed by atoms with Gasteiger partial charge in [0.1, 0.15) is 6.33 Å². The van der Waals surface area contributed by atoms with E-state index in [-0.39, 0.29) is 0 Å². The zero-order chi connectivity index (χ0) is 20.6. The van der Waals surface area contributed by atoms with Crippen LogP contribution < -0.4 is 5.32 Å². The normalized spacial score (nSPS) is 14.4. The second kappa shape index (κ2) is 7.34. The van der Waals surface area contributed by atoms with E-state index in [0.717, 1.165) is 27.3 Å². The third kappa shape index (κ3) is 3.43. The van der Waals surface area contributed by atoms with Gasteiger partial charge in [0.15, 0.2) is 17.3 Å². The molecule has 1 aromatic carbocycles. The average Bonchev–Trinajstić information content (AvgIpc) is 3.19. The van der Waals surface area contributed by atoms with Crippen LogP contribution in [0.4, 0.5) is 5.13 Å². The highest BCUT2D eigenvalue weighted by atomic mass is 32.1. The van der Waals surface area contributed by atoms with E-state index in [4.69, 9.17) is 9.40 Å². The number of nitrogens with one attached hydrogen (secondary N) is 1. The lowest BCUT2D eigenvalue weighted by atomic mass is 10.1. The fraction of sp³-hybridized carbons (Fsp3) is 0.190. The average molecular weight is 419 g/mol. The number of anilines is 1. The van der Waals surface area contributed by atoms with Gasteiger partial charge in [0.05, 0.1) is 22.2 Å². The zero-order valence-corrected chi connectivity index (χ0v) is 16.6. The number of nitrogens with zero attached hydrogens (tertiary/aromatic N) is 4. The second-order valence-electron chi connectivity index (χ2n) is 7.21. The molecule has 1 fully saturated rings. The Bertz CT molecular complexity index is 1170. The Hall–Kier alpha value is -3.59. The van der Waals surface area contributed by atoms with E-state index in [9.17, 15) is 9.90 Å². The molecule has 1 aliphatic carbocycles. The van der Waals surface area contributed by atoms with Crippen LogP contribution in [0, 0.1) is 5.41 Å². The van der Waals surface area contributed by atoms with Gasteiger partial charge in [0.2, 0.25) is 0 Å². The minimum Gasteiger partial charge on any atom is -0.481 e. The van der Waals surface area contributed by atoms with Gasteiger partial charge in [0, 0.05) is 35.6 Å². The molecule has 0 spiro atoms. The van der Waals surface area contributed by atoms with Crippen LogP contribution in [0.3, 0.4) is 0 Å². The number of hydrogen-bond acceptors (Lipinski definition) is 8.